The molecule has 1 N–H and O–H groups in total. The molecule has 7 heteroatoms. The fourth-order valence-corrected chi connectivity index (χ4v) is 2.65. The first-order valence-corrected chi connectivity index (χ1v) is 7.20. The largest absolute Gasteiger partial charge is 0.383 e. The molecular weight excluding hydrogens is 312 g/mol. The average molecular weight is 331 g/mol. The van der Waals surface area contributed by atoms with Crippen molar-refractivity contribution in [2.24, 2.45) is 0 Å². The molecule has 106 valence electrons. The van der Waals surface area contributed by atoms with Crippen LogP contribution >= 0.6 is 15.9 Å². The van der Waals surface area contributed by atoms with E-state index in [4.69, 9.17) is 4.74 Å². The van der Waals surface area contributed by atoms with Crippen LogP contribution in [0.2, 0.25) is 0 Å². The average Bonchev–Trinajstić information content (AvgIpc) is 2.36. The highest BCUT2D eigenvalue weighted by Crippen LogP contribution is 2.24. The number of aromatic nitrogens is 2. The van der Waals surface area contributed by atoms with E-state index in [1.165, 1.54) is 4.68 Å². The van der Waals surface area contributed by atoms with Crippen LogP contribution in [0.25, 0.3) is 0 Å². The highest BCUT2D eigenvalue weighted by atomic mass is 79.9. The second-order valence-electron chi connectivity index (χ2n) is 4.46. The molecule has 1 aliphatic rings. The number of rotatable bonds is 6. The Morgan fingerprint density at radius 3 is 2.89 bits per heavy atom. The minimum atomic E-state index is -0.111. The SMILES string of the molecule is CCN(c1cnn(CCOC)c(=O)c1Br)C1CNC1. The maximum atomic E-state index is 12.2. The lowest BCUT2D eigenvalue weighted by molar-refractivity contribution is 0.181. The highest BCUT2D eigenvalue weighted by Gasteiger charge is 2.26. The van der Waals surface area contributed by atoms with Crippen molar-refractivity contribution in [2.75, 3.05) is 38.3 Å². The molecule has 1 saturated heterocycles. The summed E-state index contributed by atoms with van der Waals surface area (Å²) in [4.78, 5) is 14.4. The standard InChI is InChI=1S/C12H19BrN4O2/c1-3-16(9-6-14-7-9)10-8-15-17(4-5-19-2)12(18)11(10)13/h8-9,14H,3-7H2,1-2H3. The van der Waals surface area contributed by atoms with E-state index in [0.717, 1.165) is 25.3 Å². The van der Waals surface area contributed by atoms with Crippen molar-refractivity contribution in [1.82, 2.24) is 15.1 Å². The number of methoxy groups -OCH3 is 1. The van der Waals surface area contributed by atoms with Gasteiger partial charge in [0.2, 0.25) is 0 Å². The zero-order chi connectivity index (χ0) is 13.8. The Hall–Kier alpha value is -0.920. The molecule has 2 heterocycles. The smallest absolute Gasteiger partial charge is 0.283 e. The van der Waals surface area contributed by atoms with Crippen LogP contribution in [0.15, 0.2) is 15.5 Å². The van der Waals surface area contributed by atoms with E-state index in [9.17, 15) is 4.79 Å². The molecule has 0 amide bonds. The first-order chi connectivity index (χ1) is 9.19. The van der Waals surface area contributed by atoms with Crippen molar-refractivity contribution < 1.29 is 4.74 Å². The summed E-state index contributed by atoms with van der Waals surface area (Å²) in [5.74, 6) is 0. The molecule has 0 radical (unpaired) electrons. The lowest BCUT2D eigenvalue weighted by Crippen LogP contribution is -2.57. The summed E-state index contributed by atoms with van der Waals surface area (Å²) in [5.41, 5.74) is 0.757. The topological polar surface area (TPSA) is 59.4 Å². The number of ether oxygens (including phenoxy) is 1. The summed E-state index contributed by atoms with van der Waals surface area (Å²) in [7, 11) is 1.61. The zero-order valence-corrected chi connectivity index (χ0v) is 12.8. The molecule has 0 aromatic carbocycles. The third-order valence-corrected chi connectivity index (χ3v) is 4.07. The van der Waals surface area contributed by atoms with Crippen LogP contribution in [0, 0.1) is 0 Å². The van der Waals surface area contributed by atoms with E-state index in [2.05, 4.69) is 38.2 Å². The summed E-state index contributed by atoms with van der Waals surface area (Å²) in [5, 5.41) is 7.46. The number of nitrogens with zero attached hydrogens (tertiary/aromatic N) is 3. The van der Waals surface area contributed by atoms with Gasteiger partial charge in [0.25, 0.3) is 5.56 Å². The van der Waals surface area contributed by atoms with E-state index < -0.39 is 0 Å². The monoisotopic (exact) mass is 330 g/mol. The summed E-state index contributed by atoms with van der Waals surface area (Å²) < 4.78 is 6.97. The first-order valence-electron chi connectivity index (χ1n) is 6.41. The minimum Gasteiger partial charge on any atom is -0.383 e. The molecule has 0 atom stereocenters. The number of anilines is 1. The van der Waals surface area contributed by atoms with Gasteiger partial charge in [-0.15, -0.1) is 0 Å². The van der Waals surface area contributed by atoms with Gasteiger partial charge in [0, 0.05) is 26.7 Å². The lowest BCUT2D eigenvalue weighted by Gasteiger charge is -2.39. The molecule has 0 saturated carbocycles. The van der Waals surface area contributed by atoms with Crippen molar-refractivity contribution in [1.29, 1.82) is 0 Å². The van der Waals surface area contributed by atoms with Gasteiger partial charge in [-0.1, -0.05) is 0 Å². The van der Waals surface area contributed by atoms with Gasteiger partial charge in [-0.05, 0) is 22.9 Å². The molecule has 2 rings (SSSR count). The summed E-state index contributed by atoms with van der Waals surface area (Å²) in [6, 6.07) is 0.442. The van der Waals surface area contributed by atoms with Crippen molar-refractivity contribution in [3.8, 4) is 0 Å². The predicted molar refractivity (Wildman–Crippen MR) is 77.8 cm³/mol. The summed E-state index contributed by atoms with van der Waals surface area (Å²) in [6.07, 6.45) is 1.75. The zero-order valence-electron chi connectivity index (χ0n) is 11.2. The van der Waals surface area contributed by atoms with Gasteiger partial charge in [0.15, 0.2) is 0 Å². The van der Waals surface area contributed by atoms with Crippen LogP contribution in [-0.4, -0.2) is 49.2 Å². The fraction of sp³-hybridized carbons (Fsp3) is 0.667. The summed E-state index contributed by atoms with van der Waals surface area (Å²) >= 11 is 3.41. The van der Waals surface area contributed by atoms with Crippen molar-refractivity contribution >= 4 is 21.6 Å². The maximum Gasteiger partial charge on any atom is 0.283 e. The number of hydrogen-bond acceptors (Lipinski definition) is 5. The Morgan fingerprint density at radius 2 is 2.37 bits per heavy atom. The minimum absolute atomic E-state index is 0.111. The second kappa shape index (κ2) is 6.49. The third kappa shape index (κ3) is 2.98. The molecule has 1 fully saturated rings. The molecule has 0 bridgehead atoms. The molecule has 0 unspecified atom stereocenters. The number of hydrogen-bond donors (Lipinski definition) is 1. The van der Waals surface area contributed by atoms with Gasteiger partial charge in [0.1, 0.15) is 4.47 Å². The Labute approximate surface area is 120 Å². The van der Waals surface area contributed by atoms with Crippen LogP contribution in [-0.2, 0) is 11.3 Å². The molecule has 19 heavy (non-hydrogen) atoms. The van der Waals surface area contributed by atoms with E-state index in [1.54, 1.807) is 13.3 Å². The first kappa shape index (κ1) is 14.5. The van der Waals surface area contributed by atoms with Crippen molar-refractivity contribution in [3.05, 3.63) is 21.0 Å². The van der Waals surface area contributed by atoms with Crippen LogP contribution in [0.4, 0.5) is 5.69 Å². The van der Waals surface area contributed by atoms with E-state index in [-0.39, 0.29) is 5.56 Å². The van der Waals surface area contributed by atoms with Crippen LogP contribution < -0.4 is 15.8 Å². The third-order valence-electron chi connectivity index (χ3n) is 3.32. The van der Waals surface area contributed by atoms with Gasteiger partial charge >= 0.3 is 0 Å². The number of nitrogens with one attached hydrogen (secondary N) is 1. The molecule has 0 aliphatic carbocycles. The Bertz CT molecular complexity index is 487. The van der Waals surface area contributed by atoms with E-state index >= 15 is 0 Å². The van der Waals surface area contributed by atoms with Gasteiger partial charge in [-0.25, -0.2) is 4.68 Å². The van der Waals surface area contributed by atoms with Crippen LogP contribution in [0.5, 0.6) is 0 Å². The van der Waals surface area contributed by atoms with Crippen LogP contribution in [0.3, 0.4) is 0 Å². The Morgan fingerprint density at radius 1 is 1.63 bits per heavy atom. The van der Waals surface area contributed by atoms with Crippen molar-refractivity contribution in [2.45, 2.75) is 19.5 Å². The molecule has 0 spiro atoms. The number of halogens is 1. The Kier molecular flexibility index (Phi) is 4.95. The van der Waals surface area contributed by atoms with Crippen LogP contribution in [0.1, 0.15) is 6.92 Å². The Balaban J connectivity index is 2.26. The van der Waals surface area contributed by atoms with Gasteiger partial charge in [0.05, 0.1) is 31.1 Å². The lowest BCUT2D eigenvalue weighted by atomic mass is 10.1. The molecule has 1 aromatic rings. The van der Waals surface area contributed by atoms with Gasteiger partial charge < -0.3 is 15.0 Å². The van der Waals surface area contributed by atoms with E-state index in [0.29, 0.717) is 23.7 Å². The van der Waals surface area contributed by atoms with Crippen molar-refractivity contribution in [3.63, 3.8) is 0 Å². The normalized spacial score (nSPS) is 15.3. The molecule has 6 nitrogen and oxygen atoms in total. The second-order valence-corrected chi connectivity index (χ2v) is 5.26. The summed E-state index contributed by atoms with van der Waals surface area (Å²) in [6.45, 7) is 5.78. The molecular formula is C12H19BrN4O2. The molecule has 1 aromatic heterocycles. The number of likely N-dealkylation sites (N-methyl/N-ethyl adjacent to an activating group) is 1. The quantitative estimate of drug-likeness (QED) is 0.820. The van der Waals surface area contributed by atoms with Gasteiger partial charge in [-0.3, -0.25) is 4.79 Å². The highest BCUT2D eigenvalue weighted by molar-refractivity contribution is 9.10. The van der Waals surface area contributed by atoms with Gasteiger partial charge in [-0.2, -0.15) is 5.10 Å². The molecule has 1 aliphatic heterocycles. The maximum absolute atomic E-state index is 12.2. The van der Waals surface area contributed by atoms with E-state index in [1.807, 2.05) is 0 Å². The predicted octanol–water partition coefficient (Wildman–Crippen LogP) is 0.450. The fourth-order valence-electron chi connectivity index (χ4n) is 2.11.